The smallest absolute Gasteiger partial charge is 0.325 e. The van der Waals surface area contributed by atoms with Gasteiger partial charge in [-0.3, -0.25) is 14.7 Å². The number of imide groups is 1. The van der Waals surface area contributed by atoms with Crippen molar-refractivity contribution in [1.29, 1.82) is 0 Å². The molecule has 2 fully saturated rings. The highest BCUT2D eigenvalue weighted by atomic mass is 19.3. The van der Waals surface area contributed by atoms with E-state index in [1.165, 1.54) is 6.20 Å². The summed E-state index contributed by atoms with van der Waals surface area (Å²) in [6.45, 7) is 1.41. The third-order valence-electron chi connectivity index (χ3n) is 3.92. The largest absolute Gasteiger partial charge is 0.370 e. The molecule has 22 heavy (non-hydrogen) atoms. The van der Waals surface area contributed by atoms with Gasteiger partial charge in [0.15, 0.2) is 0 Å². The number of pyridine rings is 1. The summed E-state index contributed by atoms with van der Waals surface area (Å²) in [4.78, 5) is 29.3. The summed E-state index contributed by atoms with van der Waals surface area (Å²) in [5.74, 6) is -3.22. The molecule has 3 rings (SSSR count). The Morgan fingerprint density at radius 1 is 1.50 bits per heavy atom. The Hall–Kier alpha value is -2.09. The zero-order valence-corrected chi connectivity index (χ0v) is 11.9. The molecule has 3 amide bonds. The van der Waals surface area contributed by atoms with Gasteiger partial charge in [-0.2, -0.15) is 0 Å². The van der Waals surface area contributed by atoms with E-state index in [9.17, 15) is 18.4 Å². The predicted octanol–water partition coefficient (Wildman–Crippen LogP) is 1.27. The van der Waals surface area contributed by atoms with Crippen molar-refractivity contribution in [3.8, 4) is 0 Å². The first-order valence-electron chi connectivity index (χ1n) is 6.88. The van der Waals surface area contributed by atoms with Crippen LogP contribution in [0.1, 0.15) is 18.9 Å². The molecule has 8 heteroatoms. The van der Waals surface area contributed by atoms with Crippen LogP contribution in [0.25, 0.3) is 0 Å². The molecule has 1 saturated carbocycles. The quantitative estimate of drug-likeness (QED) is 0.831. The lowest BCUT2D eigenvalue weighted by Crippen LogP contribution is -2.41. The number of hydrogen-bond acceptors (Lipinski definition) is 4. The summed E-state index contributed by atoms with van der Waals surface area (Å²) in [6, 6.07) is 2.79. The van der Waals surface area contributed by atoms with Gasteiger partial charge in [0.25, 0.3) is 11.8 Å². The number of carbonyl (C=O) groups excluding carboxylic acids is 2. The molecule has 1 aliphatic carbocycles. The second kappa shape index (κ2) is 4.98. The fraction of sp³-hybridized carbons (Fsp3) is 0.500. The van der Waals surface area contributed by atoms with Crippen molar-refractivity contribution >= 4 is 11.9 Å². The van der Waals surface area contributed by atoms with E-state index in [1.54, 1.807) is 25.3 Å². The molecule has 6 nitrogen and oxygen atoms in total. The molecule has 1 N–H and O–H groups in total. The standard InChI is InChI=1S/C14H15F2N3O3/c1-13(9-3-2-4-17-8-9)11(20)19(12(21)18-13)5-6-22-10-7-14(10,15)16/h2-4,8,10H,5-7H2,1H3,(H,18,21). The minimum absolute atomic E-state index is 0.0624. The molecule has 1 aromatic heterocycles. The molecule has 0 spiro atoms. The number of alkyl halides is 2. The van der Waals surface area contributed by atoms with Crippen molar-refractivity contribution in [2.45, 2.75) is 30.9 Å². The molecular formula is C14H15F2N3O3. The molecule has 1 aliphatic heterocycles. The number of aromatic nitrogens is 1. The van der Waals surface area contributed by atoms with Crippen LogP contribution >= 0.6 is 0 Å². The molecule has 2 atom stereocenters. The van der Waals surface area contributed by atoms with Crippen LogP contribution in [0, 0.1) is 0 Å². The monoisotopic (exact) mass is 311 g/mol. The highest BCUT2D eigenvalue weighted by Crippen LogP contribution is 2.44. The van der Waals surface area contributed by atoms with Gasteiger partial charge in [-0.05, 0) is 13.0 Å². The van der Waals surface area contributed by atoms with E-state index < -0.39 is 29.5 Å². The molecule has 0 radical (unpaired) electrons. The van der Waals surface area contributed by atoms with Crippen molar-refractivity contribution < 1.29 is 23.1 Å². The second-order valence-electron chi connectivity index (χ2n) is 5.58. The molecule has 0 bridgehead atoms. The van der Waals surface area contributed by atoms with E-state index in [-0.39, 0.29) is 19.6 Å². The number of hydrogen-bond donors (Lipinski definition) is 1. The van der Waals surface area contributed by atoms with E-state index in [2.05, 4.69) is 10.3 Å². The van der Waals surface area contributed by atoms with Gasteiger partial charge in [0.2, 0.25) is 0 Å². The van der Waals surface area contributed by atoms with Crippen LogP contribution in [0.5, 0.6) is 0 Å². The Kier molecular flexibility index (Phi) is 3.36. The highest BCUT2D eigenvalue weighted by Gasteiger charge is 2.58. The van der Waals surface area contributed by atoms with Crippen LogP contribution in [-0.4, -0.2) is 47.0 Å². The zero-order chi connectivity index (χ0) is 16.0. The lowest BCUT2D eigenvalue weighted by Gasteiger charge is -2.21. The number of amides is 3. The third kappa shape index (κ3) is 2.43. The topological polar surface area (TPSA) is 71.5 Å². The maximum Gasteiger partial charge on any atom is 0.325 e. The molecule has 2 aliphatic rings. The summed E-state index contributed by atoms with van der Waals surface area (Å²) >= 11 is 0. The van der Waals surface area contributed by atoms with Gasteiger partial charge in [0.1, 0.15) is 11.6 Å². The zero-order valence-electron chi connectivity index (χ0n) is 11.9. The van der Waals surface area contributed by atoms with Crippen LogP contribution < -0.4 is 5.32 Å². The van der Waals surface area contributed by atoms with Crippen LogP contribution in [0.2, 0.25) is 0 Å². The van der Waals surface area contributed by atoms with Crippen molar-refractivity contribution in [2.24, 2.45) is 0 Å². The average molecular weight is 311 g/mol. The van der Waals surface area contributed by atoms with Crippen molar-refractivity contribution in [1.82, 2.24) is 15.2 Å². The predicted molar refractivity (Wildman–Crippen MR) is 71.1 cm³/mol. The van der Waals surface area contributed by atoms with E-state index >= 15 is 0 Å². The fourth-order valence-corrected chi connectivity index (χ4v) is 2.41. The summed E-state index contributed by atoms with van der Waals surface area (Å²) in [5, 5.41) is 2.61. The maximum absolute atomic E-state index is 12.7. The number of rotatable bonds is 5. The first-order chi connectivity index (χ1) is 10.3. The minimum Gasteiger partial charge on any atom is -0.370 e. The number of halogens is 2. The number of nitrogens with one attached hydrogen (secondary N) is 1. The summed E-state index contributed by atoms with van der Waals surface area (Å²) in [5.41, 5.74) is -0.639. The van der Waals surface area contributed by atoms with E-state index in [0.717, 1.165) is 4.90 Å². The number of urea groups is 1. The van der Waals surface area contributed by atoms with Gasteiger partial charge in [-0.25, -0.2) is 13.6 Å². The van der Waals surface area contributed by atoms with Gasteiger partial charge in [-0.1, -0.05) is 6.07 Å². The number of carbonyl (C=O) groups is 2. The SMILES string of the molecule is CC1(c2cccnc2)NC(=O)N(CCOC2CC2(F)F)C1=O. The van der Waals surface area contributed by atoms with Crippen molar-refractivity contribution in [3.63, 3.8) is 0 Å². The fourth-order valence-electron chi connectivity index (χ4n) is 2.41. The van der Waals surface area contributed by atoms with Gasteiger partial charge in [0, 0.05) is 24.4 Å². The van der Waals surface area contributed by atoms with E-state index in [4.69, 9.17) is 4.74 Å². The summed E-state index contributed by atoms with van der Waals surface area (Å²) in [6.07, 6.45) is 1.66. The van der Waals surface area contributed by atoms with Gasteiger partial charge in [-0.15, -0.1) is 0 Å². The second-order valence-corrected chi connectivity index (χ2v) is 5.58. The Morgan fingerprint density at radius 2 is 2.23 bits per heavy atom. The molecule has 1 aromatic rings. The Bertz CT molecular complexity index is 611. The molecule has 1 saturated heterocycles. The molecule has 0 aromatic carbocycles. The van der Waals surface area contributed by atoms with Crippen LogP contribution in [0.4, 0.5) is 13.6 Å². The Balaban J connectivity index is 1.64. The molecule has 2 unspecified atom stereocenters. The van der Waals surface area contributed by atoms with E-state index in [0.29, 0.717) is 5.56 Å². The first kappa shape index (κ1) is 14.8. The van der Waals surface area contributed by atoms with Crippen LogP contribution in [0.15, 0.2) is 24.5 Å². The molecule has 2 heterocycles. The van der Waals surface area contributed by atoms with Crippen LogP contribution in [-0.2, 0) is 15.1 Å². The average Bonchev–Trinajstić information content (AvgIpc) is 3.03. The summed E-state index contributed by atoms with van der Waals surface area (Å²) in [7, 11) is 0. The summed E-state index contributed by atoms with van der Waals surface area (Å²) < 4.78 is 30.4. The van der Waals surface area contributed by atoms with Crippen molar-refractivity contribution in [2.75, 3.05) is 13.2 Å². The molecule has 118 valence electrons. The first-order valence-corrected chi connectivity index (χ1v) is 6.88. The van der Waals surface area contributed by atoms with Gasteiger partial charge < -0.3 is 10.1 Å². The molecular weight excluding hydrogens is 296 g/mol. The Morgan fingerprint density at radius 3 is 2.82 bits per heavy atom. The van der Waals surface area contributed by atoms with E-state index in [1.807, 2.05) is 0 Å². The lowest BCUT2D eigenvalue weighted by molar-refractivity contribution is -0.131. The maximum atomic E-state index is 12.7. The minimum atomic E-state index is -2.78. The third-order valence-corrected chi connectivity index (χ3v) is 3.92. The van der Waals surface area contributed by atoms with Crippen molar-refractivity contribution in [3.05, 3.63) is 30.1 Å². The van der Waals surface area contributed by atoms with Gasteiger partial charge in [0.05, 0.1) is 13.2 Å². The highest BCUT2D eigenvalue weighted by molar-refractivity contribution is 6.07. The number of nitrogens with zero attached hydrogens (tertiary/aromatic N) is 2. The Labute approximate surface area is 125 Å². The lowest BCUT2D eigenvalue weighted by atomic mass is 9.94. The van der Waals surface area contributed by atoms with Crippen LogP contribution in [0.3, 0.4) is 0 Å². The van der Waals surface area contributed by atoms with Gasteiger partial charge >= 0.3 is 6.03 Å². The normalized spacial score (nSPS) is 29.6. The number of ether oxygens (including phenoxy) is 1.